The summed E-state index contributed by atoms with van der Waals surface area (Å²) in [5.74, 6) is 2.29. The van der Waals surface area contributed by atoms with E-state index in [2.05, 4.69) is 5.32 Å². The van der Waals surface area contributed by atoms with E-state index in [-0.39, 0.29) is 11.8 Å². The molecule has 1 aliphatic rings. The van der Waals surface area contributed by atoms with E-state index >= 15 is 0 Å². The van der Waals surface area contributed by atoms with E-state index in [0.717, 1.165) is 68.1 Å². The van der Waals surface area contributed by atoms with Crippen molar-refractivity contribution in [2.45, 2.75) is 38.5 Å². The van der Waals surface area contributed by atoms with Gasteiger partial charge in [0, 0.05) is 36.7 Å². The van der Waals surface area contributed by atoms with Crippen LogP contribution in [0.25, 0.3) is 0 Å². The Balaban J connectivity index is 1.71. The van der Waals surface area contributed by atoms with Gasteiger partial charge in [0.15, 0.2) is 0 Å². The van der Waals surface area contributed by atoms with Gasteiger partial charge in [-0.15, -0.1) is 0 Å². The van der Waals surface area contributed by atoms with Gasteiger partial charge in [-0.05, 0) is 37.1 Å². The van der Waals surface area contributed by atoms with Crippen molar-refractivity contribution in [3.8, 4) is 0 Å². The van der Waals surface area contributed by atoms with Gasteiger partial charge in [0.2, 0.25) is 11.8 Å². The third-order valence-corrected chi connectivity index (χ3v) is 5.26. The van der Waals surface area contributed by atoms with Crippen LogP contribution in [0.5, 0.6) is 0 Å². The Labute approximate surface area is 154 Å². The molecule has 25 heavy (non-hydrogen) atoms. The Kier molecular flexibility index (Phi) is 8.83. The fourth-order valence-electron chi connectivity index (χ4n) is 2.81. The number of unbranched alkanes of at least 4 members (excludes halogenated alkanes) is 3. The standard InChI is InChI=1S/C19H29N3O2S/c20-10-4-2-1-3-5-18(23)21-17-8-6-16(7-9-17)15-19(24)22-11-13-25-14-12-22/h6-9H,1-5,10-15,20H2,(H,21,23). The van der Waals surface area contributed by atoms with E-state index in [0.29, 0.717) is 12.8 Å². The first kappa shape index (κ1) is 19.8. The summed E-state index contributed by atoms with van der Waals surface area (Å²) in [7, 11) is 0. The quantitative estimate of drug-likeness (QED) is 0.662. The first-order valence-corrected chi connectivity index (χ1v) is 10.3. The summed E-state index contributed by atoms with van der Waals surface area (Å²) in [5.41, 5.74) is 7.23. The van der Waals surface area contributed by atoms with Crippen LogP contribution in [-0.4, -0.2) is 47.9 Å². The molecule has 1 aliphatic heterocycles. The molecule has 138 valence electrons. The van der Waals surface area contributed by atoms with Crippen LogP contribution >= 0.6 is 11.8 Å². The lowest BCUT2D eigenvalue weighted by Crippen LogP contribution is -2.38. The number of nitrogens with zero attached hydrogens (tertiary/aromatic N) is 1. The van der Waals surface area contributed by atoms with E-state index in [4.69, 9.17) is 5.73 Å². The van der Waals surface area contributed by atoms with Crippen LogP contribution < -0.4 is 11.1 Å². The van der Waals surface area contributed by atoms with Crippen molar-refractivity contribution in [2.24, 2.45) is 5.73 Å². The smallest absolute Gasteiger partial charge is 0.227 e. The number of rotatable bonds is 9. The van der Waals surface area contributed by atoms with Crippen molar-refractivity contribution in [2.75, 3.05) is 36.5 Å². The Morgan fingerprint density at radius 2 is 1.72 bits per heavy atom. The van der Waals surface area contributed by atoms with Crippen molar-refractivity contribution < 1.29 is 9.59 Å². The average Bonchev–Trinajstić information content (AvgIpc) is 2.64. The highest BCUT2D eigenvalue weighted by Crippen LogP contribution is 2.14. The van der Waals surface area contributed by atoms with Crippen LogP contribution in [0.2, 0.25) is 0 Å². The molecule has 6 heteroatoms. The zero-order valence-corrected chi connectivity index (χ0v) is 15.7. The second-order valence-electron chi connectivity index (χ2n) is 6.37. The molecule has 1 saturated heterocycles. The molecular formula is C19H29N3O2S. The molecule has 0 radical (unpaired) electrons. The number of hydrogen-bond donors (Lipinski definition) is 2. The maximum absolute atomic E-state index is 12.3. The van der Waals surface area contributed by atoms with Gasteiger partial charge >= 0.3 is 0 Å². The summed E-state index contributed by atoms with van der Waals surface area (Å²) in [6.45, 7) is 2.42. The van der Waals surface area contributed by atoms with Gasteiger partial charge in [-0.2, -0.15) is 11.8 Å². The van der Waals surface area contributed by atoms with Crippen LogP contribution in [-0.2, 0) is 16.0 Å². The zero-order chi connectivity index (χ0) is 17.9. The number of carbonyl (C=O) groups excluding carboxylic acids is 2. The van der Waals surface area contributed by atoms with Gasteiger partial charge < -0.3 is 16.0 Å². The normalized spacial score (nSPS) is 14.4. The van der Waals surface area contributed by atoms with Gasteiger partial charge in [-0.1, -0.05) is 25.0 Å². The van der Waals surface area contributed by atoms with Crippen molar-refractivity contribution >= 4 is 29.3 Å². The molecule has 1 fully saturated rings. The van der Waals surface area contributed by atoms with Crippen molar-refractivity contribution in [1.29, 1.82) is 0 Å². The van der Waals surface area contributed by atoms with Crippen LogP contribution in [0.3, 0.4) is 0 Å². The van der Waals surface area contributed by atoms with Crippen LogP contribution in [0.15, 0.2) is 24.3 Å². The van der Waals surface area contributed by atoms with Crippen LogP contribution in [0.1, 0.15) is 37.7 Å². The molecule has 1 heterocycles. The van der Waals surface area contributed by atoms with E-state index in [9.17, 15) is 9.59 Å². The monoisotopic (exact) mass is 363 g/mol. The van der Waals surface area contributed by atoms with E-state index in [1.54, 1.807) is 0 Å². The number of nitrogens with two attached hydrogens (primary N) is 1. The molecular weight excluding hydrogens is 334 g/mol. The van der Waals surface area contributed by atoms with Gasteiger partial charge in [0.25, 0.3) is 0 Å². The van der Waals surface area contributed by atoms with E-state index in [1.165, 1.54) is 0 Å². The molecule has 0 atom stereocenters. The average molecular weight is 364 g/mol. The van der Waals surface area contributed by atoms with Gasteiger partial charge in [-0.25, -0.2) is 0 Å². The lowest BCUT2D eigenvalue weighted by atomic mass is 10.1. The van der Waals surface area contributed by atoms with E-state index < -0.39 is 0 Å². The maximum Gasteiger partial charge on any atom is 0.227 e. The molecule has 5 nitrogen and oxygen atoms in total. The Morgan fingerprint density at radius 1 is 1.04 bits per heavy atom. The summed E-state index contributed by atoms with van der Waals surface area (Å²) >= 11 is 1.90. The molecule has 0 spiro atoms. The number of nitrogens with one attached hydrogen (secondary N) is 1. The first-order valence-electron chi connectivity index (χ1n) is 9.13. The minimum absolute atomic E-state index is 0.0439. The topological polar surface area (TPSA) is 75.4 Å². The maximum atomic E-state index is 12.3. The molecule has 0 aliphatic carbocycles. The second-order valence-corrected chi connectivity index (χ2v) is 7.59. The minimum atomic E-state index is 0.0439. The summed E-state index contributed by atoms with van der Waals surface area (Å²) in [6, 6.07) is 7.60. The molecule has 2 amide bonds. The van der Waals surface area contributed by atoms with Crippen LogP contribution in [0.4, 0.5) is 5.69 Å². The largest absolute Gasteiger partial charge is 0.341 e. The number of carbonyl (C=O) groups is 2. The third kappa shape index (κ3) is 7.48. The highest BCUT2D eigenvalue weighted by atomic mass is 32.2. The summed E-state index contributed by atoms with van der Waals surface area (Å²) in [5, 5.41) is 2.92. The predicted octanol–water partition coefficient (Wildman–Crippen LogP) is 2.65. The third-order valence-electron chi connectivity index (χ3n) is 4.31. The lowest BCUT2D eigenvalue weighted by molar-refractivity contribution is -0.130. The molecule has 3 N–H and O–H groups in total. The molecule has 1 aromatic carbocycles. The zero-order valence-electron chi connectivity index (χ0n) is 14.8. The minimum Gasteiger partial charge on any atom is -0.341 e. The first-order chi connectivity index (χ1) is 12.2. The second kappa shape index (κ2) is 11.2. The molecule has 0 saturated carbocycles. The molecule has 0 aromatic heterocycles. The highest BCUT2D eigenvalue weighted by molar-refractivity contribution is 7.99. The Hall–Kier alpha value is -1.53. The number of amides is 2. The number of hydrogen-bond acceptors (Lipinski definition) is 4. The molecule has 2 rings (SSSR count). The van der Waals surface area contributed by atoms with Gasteiger partial charge in [-0.3, -0.25) is 9.59 Å². The number of benzene rings is 1. The molecule has 0 unspecified atom stereocenters. The fraction of sp³-hybridized carbons (Fsp3) is 0.579. The van der Waals surface area contributed by atoms with Crippen LogP contribution in [0, 0.1) is 0 Å². The Bertz CT molecular complexity index is 542. The molecule has 0 bridgehead atoms. The summed E-state index contributed by atoms with van der Waals surface area (Å²) < 4.78 is 0. The van der Waals surface area contributed by atoms with Gasteiger partial charge in [0.1, 0.15) is 0 Å². The molecule has 1 aromatic rings. The number of thioether (sulfide) groups is 1. The van der Waals surface area contributed by atoms with Crippen molar-refractivity contribution in [3.05, 3.63) is 29.8 Å². The van der Waals surface area contributed by atoms with Crippen molar-refractivity contribution in [1.82, 2.24) is 4.90 Å². The van der Waals surface area contributed by atoms with E-state index in [1.807, 2.05) is 40.9 Å². The number of anilines is 1. The fourth-order valence-corrected chi connectivity index (χ4v) is 3.72. The SMILES string of the molecule is NCCCCCCC(=O)Nc1ccc(CC(=O)N2CCSCC2)cc1. The Morgan fingerprint density at radius 3 is 2.40 bits per heavy atom. The summed E-state index contributed by atoms with van der Waals surface area (Å²) in [6.07, 6.45) is 5.02. The highest BCUT2D eigenvalue weighted by Gasteiger charge is 2.16. The summed E-state index contributed by atoms with van der Waals surface area (Å²) in [4.78, 5) is 26.1. The lowest BCUT2D eigenvalue weighted by Gasteiger charge is -2.26. The van der Waals surface area contributed by atoms with Gasteiger partial charge in [0.05, 0.1) is 6.42 Å². The predicted molar refractivity (Wildman–Crippen MR) is 105 cm³/mol. The van der Waals surface area contributed by atoms with Crippen molar-refractivity contribution in [3.63, 3.8) is 0 Å².